The summed E-state index contributed by atoms with van der Waals surface area (Å²) in [5, 5.41) is 18.1. The highest BCUT2D eigenvalue weighted by Crippen LogP contribution is 2.21. The Morgan fingerprint density at radius 3 is 1.78 bits per heavy atom. The molecule has 0 aliphatic carbocycles. The molecule has 0 aromatic heterocycles. The van der Waals surface area contributed by atoms with Gasteiger partial charge in [0.1, 0.15) is 12.1 Å². The number of carboxylic acid groups (broad SMARTS) is 2. The summed E-state index contributed by atoms with van der Waals surface area (Å²) in [7, 11) is 0. The second-order valence-corrected chi connectivity index (χ2v) is 5.16. The van der Waals surface area contributed by atoms with E-state index in [4.69, 9.17) is 10.2 Å². The molecule has 0 aliphatic heterocycles. The minimum absolute atomic E-state index is 0.584. The van der Waals surface area contributed by atoms with E-state index in [0.717, 1.165) is 3.57 Å². The van der Waals surface area contributed by atoms with Crippen LogP contribution in [0.25, 0.3) is 0 Å². The van der Waals surface area contributed by atoms with Crippen molar-refractivity contribution < 1.29 is 19.8 Å². The summed E-state index contributed by atoms with van der Waals surface area (Å²) >= 11 is 2.13. The van der Waals surface area contributed by atoms with Crippen molar-refractivity contribution in [1.82, 2.24) is 0 Å². The maximum absolute atomic E-state index is 11.1. The molecule has 1 rings (SSSR count). The average Bonchev–Trinajstić information content (AvgIpc) is 2.31. The van der Waals surface area contributed by atoms with Gasteiger partial charge in [-0.15, -0.1) is 0 Å². The monoisotopic (exact) mass is 363 g/mol. The maximum atomic E-state index is 11.1. The van der Waals surface area contributed by atoms with Crippen LogP contribution in [-0.2, 0) is 9.59 Å². The molecular weight excluding hydrogens is 349 g/mol. The van der Waals surface area contributed by atoms with Gasteiger partial charge in [-0.2, -0.15) is 0 Å². The summed E-state index contributed by atoms with van der Waals surface area (Å²) in [6.45, 7) is 2.94. The predicted molar refractivity (Wildman–Crippen MR) is 75.8 cm³/mol. The number of anilines is 1. The van der Waals surface area contributed by atoms with Crippen LogP contribution in [0.3, 0.4) is 0 Å². The molecule has 98 valence electrons. The smallest absolute Gasteiger partial charge is 0.326 e. The Bertz CT molecular complexity index is 426. The van der Waals surface area contributed by atoms with Gasteiger partial charge in [0.15, 0.2) is 0 Å². The molecule has 6 heteroatoms. The fourth-order valence-corrected chi connectivity index (χ4v) is 1.99. The number of carbonyl (C=O) groups is 2. The fraction of sp³-hybridized carbons (Fsp3) is 0.333. The number of aliphatic carboxylic acids is 2. The van der Waals surface area contributed by atoms with Crippen LogP contribution < -0.4 is 4.90 Å². The Kier molecular flexibility index (Phi) is 4.94. The quantitative estimate of drug-likeness (QED) is 0.783. The lowest BCUT2D eigenvalue weighted by Gasteiger charge is -2.32. The molecule has 18 heavy (non-hydrogen) atoms. The lowest BCUT2D eigenvalue weighted by atomic mass is 10.1. The van der Waals surface area contributed by atoms with Gasteiger partial charge in [0.2, 0.25) is 0 Å². The molecule has 5 nitrogen and oxygen atoms in total. The zero-order valence-electron chi connectivity index (χ0n) is 10.0. The Labute approximate surface area is 119 Å². The van der Waals surface area contributed by atoms with Gasteiger partial charge in [0.05, 0.1) is 0 Å². The summed E-state index contributed by atoms with van der Waals surface area (Å²) < 4.78 is 1.00. The second kappa shape index (κ2) is 6.03. The van der Waals surface area contributed by atoms with Crippen LogP contribution in [0.15, 0.2) is 24.3 Å². The topological polar surface area (TPSA) is 77.8 Å². The van der Waals surface area contributed by atoms with Gasteiger partial charge in [-0.1, -0.05) is 0 Å². The second-order valence-electron chi connectivity index (χ2n) is 3.91. The van der Waals surface area contributed by atoms with E-state index in [2.05, 4.69) is 22.6 Å². The highest BCUT2D eigenvalue weighted by Gasteiger charge is 2.29. The number of benzene rings is 1. The first-order valence-corrected chi connectivity index (χ1v) is 6.42. The summed E-state index contributed by atoms with van der Waals surface area (Å²) in [5.74, 6) is -2.11. The molecule has 0 spiro atoms. The Hall–Kier alpha value is -1.31. The highest BCUT2D eigenvalue weighted by atomic mass is 127. The van der Waals surface area contributed by atoms with Crippen molar-refractivity contribution >= 4 is 40.2 Å². The third kappa shape index (κ3) is 3.34. The molecule has 0 amide bonds. The fourth-order valence-electron chi connectivity index (χ4n) is 1.63. The molecule has 0 radical (unpaired) electrons. The Morgan fingerprint density at radius 2 is 1.44 bits per heavy atom. The molecule has 0 bridgehead atoms. The maximum Gasteiger partial charge on any atom is 0.326 e. The van der Waals surface area contributed by atoms with Crippen LogP contribution >= 0.6 is 22.6 Å². The number of hydrogen-bond donors (Lipinski definition) is 2. The Balaban J connectivity index is 3.15. The first-order chi connectivity index (χ1) is 8.34. The molecule has 0 fully saturated rings. The van der Waals surface area contributed by atoms with Crippen molar-refractivity contribution in [1.29, 1.82) is 0 Å². The minimum atomic E-state index is -1.05. The van der Waals surface area contributed by atoms with E-state index in [1.807, 2.05) is 12.1 Å². The molecule has 2 N–H and O–H groups in total. The number of halogens is 1. The summed E-state index contributed by atoms with van der Waals surface area (Å²) in [5.41, 5.74) is 0.584. The van der Waals surface area contributed by atoms with E-state index < -0.39 is 24.0 Å². The molecule has 2 atom stereocenters. The lowest BCUT2D eigenvalue weighted by Crippen LogP contribution is -2.48. The largest absolute Gasteiger partial charge is 0.480 e. The molecule has 1 aromatic carbocycles. The van der Waals surface area contributed by atoms with Gasteiger partial charge in [-0.05, 0) is 60.7 Å². The van der Waals surface area contributed by atoms with Crippen molar-refractivity contribution in [3.8, 4) is 0 Å². The first-order valence-electron chi connectivity index (χ1n) is 5.34. The van der Waals surface area contributed by atoms with Crippen molar-refractivity contribution in [3.63, 3.8) is 0 Å². The van der Waals surface area contributed by atoms with Gasteiger partial charge >= 0.3 is 11.9 Å². The van der Waals surface area contributed by atoms with Gasteiger partial charge < -0.3 is 15.1 Å². The third-order valence-corrected chi connectivity index (χ3v) is 3.39. The van der Waals surface area contributed by atoms with Gasteiger partial charge in [-0.25, -0.2) is 9.59 Å². The van der Waals surface area contributed by atoms with Crippen molar-refractivity contribution in [2.75, 3.05) is 4.90 Å². The third-order valence-electron chi connectivity index (χ3n) is 2.67. The number of rotatable bonds is 5. The summed E-state index contributed by atoms with van der Waals surface area (Å²) in [6, 6.07) is 5.26. The minimum Gasteiger partial charge on any atom is -0.480 e. The average molecular weight is 363 g/mol. The van der Waals surface area contributed by atoms with Crippen LogP contribution in [0.4, 0.5) is 5.69 Å². The van der Waals surface area contributed by atoms with Crippen LogP contribution in [0.2, 0.25) is 0 Å². The van der Waals surface area contributed by atoms with Gasteiger partial charge in [0, 0.05) is 9.26 Å². The number of carboxylic acids is 2. The molecule has 2 unspecified atom stereocenters. The highest BCUT2D eigenvalue weighted by molar-refractivity contribution is 14.1. The van der Waals surface area contributed by atoms with E-state index in [0.29, 0.717) is 5.69 Å². The summed E-state index contributed by atoms with van der Waals surface area (Å²) in [6.07, 6.45) is 0. The van der Waals surface area contributed by atoms with Crippen LogP contribution in [0.5, 0.6) is 0 Å². The van der Waals surface area contributed by atoms with E-state index in [-0.39, 0.29) is 0 Å². The van der Waals surface area contributed by atoms with Crippen LogP contribution in [-0.4, -0.2) is 34.2 Å². The zero-order chi connectivity index (χ0) is 13.9. The van der Waals surface area contributed by atoms with E-state index in [9.17, 15) is 9.59 Å². The summed E-state index contributed by atoms with van der Waals surface area (Å²) in [4.78, 5) is 23.5. The first kappa shape index (κ1) is 14.7. The SMILES string of the molecule is CC(C(=O)O)N(c1ccc(I)cc1)C(C)C(=O)O. The van der Waals surface area contributed by atoms with E-state index in [1.54, 1.807) is 12.1 Å². The van der Waals surface area contributed by atoms with Crippen molar-refractivity contribution in [3.05, 3.63) is 27.8 Å². The van der Waals surface area contributed by atoms with Crippen molar-refractivity contribution in [2.24, 2.45) is 0 Å². The van der Waals surface area contributed by atoms with E-state index in [1.165, 1.54) is 18.7 Å². The molecule has 0 heterocycles. The molecule has 1 aromatic rings. The van der Waals surface area contributed by atoms with Crippen LogP contribution in [0.1, 0.15) is 13.8 Å². The zero-order valence-corrected chi connectivity index (χ0v) is 12.2. The van der Waals surface area contributed by atoms with Gasteiger partial charge in [0.25, 0.3) is 0 Å². The lowest BCUT2D eigenvalue weighted by molar-refractivity contribution is -0.140. The normalized spacial score (nSPS) is 13.7. The molecule has 0 saturated heterocycles. The van der Waals surface area contributed by atoms with Crippen molar-refractivity contribution in [2.45, 2.75) is 25.9 Å². The standard InChI is InChI=1S/C12H14INO4/c1-7(11(15)16)14(8(2)12(17)18)10-5-3-9(13)4-6-10/h3-8H,1-2H3,(H,15,16)(H,17,18). The predicted octanol–water partition coefficient (Wildman–Crippen LogP) is 2.04. The molecule has 0 saturated carbocycles. The van der Waals surface area contributed by atoms with E-state index >= 15 is 0 Å². The van der Waals surface area contributed by atoms with Crippen LogP contribution in [0, 0.1) is 3.57 Å². The molecular formula is C12H14INO4. The Morgan fingerprint density at radius 1 is 1.06 bits per heavy atom. The molecule has 0 aliphatic rings. The van der Waals surface area contributed by atoms with Gasteiger partial charge in [-0.3, -0.25) is 0 Å². The number of nitrogens with zero attached hydrogens (tertiary/aromatic N) is 1. The number of hydrogen-bond acceptors (Lipinski definition) is 3.